The molecule has 4 heteroatoms. The average Bonchev–Trinajstić information content (AvgIpc) is 2.46. The van der Waals surface area contributed by atoms with Gasteiger partial charge in [0.25, 0.3) is 0 Å². The summed E-state index contributed by atoms with van der Waals surface area (Å²) in [6.07, 6.45) is 0. The minimum atomic E-state index is -1.03. The van der Waals surface area contributed by atoms with Gasteiger partial charge in [-0.2, -0.15) is 0 Å². The fraction of sp³-hybridized carbons (Fsp3) is 0.133. The predicted octanol–water partition coefficient (Wildman–Crippen LogP) is 2.45. The van der Waals surface area contributed by atoms with E-state index in [-0.39, 0.29) is 0 Å². The van der Waals surface area contributed by atoms with Gasteiger partial charge in [0.2, 0.25) is 0 Å². The van der Waals surface area contributed by atoms with Gasteiger partial charge in [0, 0.05) is 0 Å². The molecule has 0 aromatic heterocycles. The third-order valence-corrected chi connectivity index (χ3v) is 2.94. The second kappa shape index (κ2) is 5.54. The van der Waals surface area contributed by atoms with Crippen molar-refractivity contribution < 1.29 is 14.6 Å². The molecular weight excluding hydrogens is 242 g/mol. The van der Waals surface area contributed by atoms with E-state index < -0.39 is 12.0 Å². The minimum Gasteiger partial charge on any atom is -0.497 e. The average molecular weight is 257 g/mol. The van der Waals surface area contributed by atoms with E-state index in [0.717, 1.165) is 16.9 Å². The second-order valence-electron chi connectivity index (χ2n) is 4.17. The number of carboxylic acid groups (broad SMARTS) is 1. The molecular formula is C15H15NO3. The maximum Gasteiger partial charge on any atom is 0.325 e. The fourth-order valence-electron chi connectivity index (χ4n) is 1.83. The molecule has 98 valence electrons. The standard InChI is InChI=1S/C15H15NO3/c1-19-13-4-2-3-12(9-13)10-5-7-11(8-6-10)14(16)15(17)18/h2-9,14H,16H2,1H3,(H,17,18)/t14-/m0/s1. The van der Waals surface area contributed by atoms with Crippen LogP contribution in [0.25, 0.3) is 11.1 Å². The number of benzene rings is 2. The van der Waals surface area contributed by atoms with Crippen molar-refractivity contribution in [3.63, 3.8) is 0 Å². The first kappa shape index (κ1) is 13.1. The number of hydrogen-bond acceptors (Lipinski definition) is 3. The Morgan fingerprint density at radius 3 is 2.42 bits per heavy atom. The number of nitrogens with two attached hydrogens (primary N) is 1. The number of ether oxygens (including phenoxy) is 1. The number of hydrogen-bond donors (Lipinski definition) is 2. The van der Waals surface area contributed by atoms with Gasteiger partial charge in [-0.15, -0.1) is 0 Å². The van der Waals surface area contributed by atoms with Crippen LogP contribution in [-0.4, -0.2) is 18.2 Å². The SMILES string of the molecule is COc1cccc(-c2ccc([C@H](N)C(=O)O)cc2)c1. The van der Waals surface area contributed by atoms with Gasteiger partial charge in [-0.1, -0.05) is 36.4 Å². The summed E-state index contributed by atoms with van der Waals surface area (Å²) in [6.45, 7) is 0. The zero-order valence-corrected chi connectivity index (χ0v) is 10.5. The van der Waals surface area contributed by atoms with Crippen LogP contribution in [0, 0.1) is 0 Å². The van der Waals surface area contributed by atoms with Crippen molar-refractivity contribution in [3.8, 4) is 16.9 Å². The molecule has 3 N–H and O–H groups in total. The van der Waals surface area contributed by atoms with Crippen LogP contribution in [0.2, 0.25) is 0 Å². The zero-order chi connectivity index (χ0) is 13.8. The molecule has 0 unspecified atom stereocenters. The molecule has 1 atom stereocenters. The van der Waals surface area contributed by atoms with E-state index in [9.17, 15) is 4.79 Å². The summed E-state index contributed by atoms with van der Waals surface area (Å²) in [7, 11) is 1.62. The Morgan fingerprint density at radius 1 is 1.16 bits per heavy atom. The molecule has 19 heavy (non-hydrogen) atoms. The first-order valence-electron chi connectivity index (χ1n) is 5.84. The Bertz CT molecular complexity index is 578. The summed E-state index contributed by atoms with van der Waals surface area (Å²) >= 11 is 0. The quantitative estimate of drug-likeness (QED) is 0.882. The fourth-order valence-corrected chi connectivity index (χ4v) is 1.83. The van der Waals surface area contributed by atoms with E-state index in [1.165, 1.54) is 0 Å². The van der Waals surface area contributed by atoms with Gasteiger partial charge in [0.15, 0.2) is 0 Å². The summed E-state index contributed by atoms with van der Waals surface area (Å²) < 4.78 is 5.17. The van der Waals surface area contributed by atoms with Gasteiger partial charge in [-0.25, -0.2) is 0 Å². The van der Waals surface area contributed by atoms with Gasteiger partial charge < -0.3 is 15.6 Å². The molecule has 0 fully saturated rings. The molecule has 0 saturated carbocycles. The van der Waals surface area contributed by atoms with Gasteiger partial charge in [0.1, 0.15) is 11.8 Å². The lowest BCUT2D eigenvalue weighted by atomic mass is 10.0. The highest BCUT2D eigenvalue weighted by Crippen LogP contribution is 2.25. The lowest BCUT2D eigenvalue weighted by molar-refractivity contribution is -0.138. The first-order chi connectivity index (χ1) is 9.11. The Kier molecular flexibility index (Phi) is 3.82. The third kappa shape index (κ3) is 2.92. The normalized spacial score (nSPS) is 11.9. The molecule has 2 aromatic carbocycles. The van der Waals surface area contributed by atoms with Gasteiger partial charge in [-0.05, 0) is 28.8 Å². The van der Waals surface area contributed by atoms with Crippen molar-refractivity contribution in [3.05, 3.63) is 54.1 Å². The molecule has 2 aromatic rings. The van der Waals surface area contributed by atoms with Crippen LogP contribution < -0.4 is 10.5 Å². The molecule has 0 aliphatic rings. The van der Waals surface area contributed by atoms with Crippen LogP contribution in [-0.2, 0) is 4.79 Å². The molecule has 0 bridgehead atoms. The van der Waals surface area contributed by atoms with Crippen molar-refractivity contribution in [2.24, 2.45) is 5.73 Å². The summed E-state index contributed by atoms with van der Waals surface area (Å²) in [6, 6.07) is 13.9. The molecule has 0 aliphatic heterocycles. The van der Waals surface area contributed by atoms with Crippen molar-refractivity contribution in [2.75, 3.05) is 7.11 Å². The topological polar surface area (TPSA) is 72.5 Å². The largest absolute Gasteiger partial charge is 0.497 e. The Morgan fingerprint density at radius 2 is 1.84 bits per heavy atom. The molecule has 0 spiro atoms. The van der Waals surface area contributed by atoms with Gasteiger partial charge in [0.05, 0.1) is 7.11 Å². The smallest absolute Gasteiger partial charge is 0.325 e. The number of methoxy groups -OCH3 is 1. The summed E-state index contributed by atoms with van der Waals surface area (Å²) in [5.41, 5.74) is 8.13. The molecule has 0 heterocycles. The highest BCUT2D eigenvalue weighted by atomic mass is 16.5. The molecule has 0 amide bonds. The van der Waals surface area contributed by atoms with Crippen molar-refractivity contribution >= 4 is 5.97 Å². The summed E-state index contributed by atoms with van der Waals surface area (Å²) in [5.74, 6) is -0.252. The van der Waals surface area contributed by atoms with E-state index >= 15 is 0 Å². The van der Waals surface area contributed by atoms with Crippen LogP contribution in [0.3, 0.4) is 0 Å². The van der Waals surface area contributed by atoms with Crippen LogP contribution in [0.5, 0.6) is 5.75 Å². The van der Waals surface area contributed by atoms with E-state index in [4.69, 9.17) is 15.6 Å². The van der Waals surface area contributed by atoms with E-state index in [1.54, 1.807) is 19.2 Å². The van der Waals surface area contributed by atoms with E-state index in [0.29, 0.717) is 5.56 Å². The van der Waals surface area contributed by atoms with Crippen molar-refractivity contribution in [1.82, 2.24) is 0 Å². The number of rotatable bonds is 4. The van der Waals surface area contributed by atoms with Gasteiger partial charge >= 0.3 is 5.97 Å². The number of carbonyl (C=O) groups is 1. The Balaban J connectivity index is 2.29. The maximum absolute atomic E-state index is 10.8. The van der Waals surface area contributed by atoms with E-state index in [1.807, 2.05) is 36.4 Å². The minimum absolute atomic E-state index is 0.583. The monoisotopic (exact) mass is 257 g/mol. The molecule has 0 aliphatic carbocycles. The van der Waals surface area contributed by atoms with E-state index in [2.05, 4.69) is 0 Å². The number of aliphatic carboxylic acids is 1. The molecule has 2 rings (SSSR count). The summed E-state index contributed by atoms with van der Waals surface area (Å²) in [4.78, 5) is 10.8. The molecule has 4 nitrogen and oxygen atoms in total. The highest BCUT2D eigenvalue weighted by Gasteiger charge is 2.13. The second-order valence-corrected chi connectivity index (χ2v) is 4.17. The Labute approximate surface area is 111 Å². The lowest BCUT2D eigenvalue weighted by Gasteiger charge is -2.09. The predicted molar refractivity (Wildman–Crippen MR) is 73.0 cm³/mol. The van der Waals surface area contributed by atoms with Crippen molar-refractivity contribution in [1.29, 1.82) is 0 Å². The Hall–Kier alpha value is -2.33. The molecule has 0 saturated heterocycles. The maximum atomic E-state index is 10.8. The van der Waals surface area contributed by atoms with Crippen LogP contribution in [0.15, 0.2) is 48.5 Å². The third-order valence-electron chi connectivity index (χ3n) is 2.94. The van der Waals surface area contributed by atoms with Crippen molar-refractivity contribution in [2.45, 2.75) is 6.04 Å². The number of carboxylic acids is 1. The molecule has 0 radical (unpaired) electrons. The zero-order valence-electron chi connectivity index (χ0n) is 10.5. The van der Waals surface area contributed by atoms with Crippen LogP contribution >= 0.6 is 0 Å². The first-order valence-corrected chi connectivity index (χ1v) is 5.84. The summed E-state index contributed by atoms with van der Waals surface area (Å²) in [5, 5.41) is 8.85. The van der Waals surface area contributed by atoms with Gasteiger partial charge in [-0.3, -0.25) is 4.79 Å². The highest BCUT2D eigenvalue weighted by molar-refractivity contribution is 5.76. The lowest BCUT2D eigenvalue weighted by Crippen LogP contribution is -2.20. The van der Waals surface area contributed by atoms with Crippen LogP contribution in [0.4, 0.5) is 0 Å². The van der Waals surface area contributed by atoms with Crippen LogP contribution in [0.1, 0.15) is 11.6 Å².